The Morgan fingerprint density at radius 1 is 0.500 bits per heavy atom. The van der Waals surface area contributed by atoms with Crippen LogP contribution in [0.2, 0.25) is 0 Å². The van der Waals surface area contributed by atoms with Gasteiger partial charge < -0.3 is 9.47 Å². The van der Waals surface area contributed by atoms with Crippen molar-refractivity contribution >= 4 is 0 Å². The molecule has 0 aromatic heterocycles. The Bertz CT molecular complexity index is 889. The quantitative estimate of drug-likeness (QED) is 0.0928. The van der Waals surface area contributed by atoms with Crippen molar-refractivity contribution in [3.8, 4) is 0 Å². The Morgan fingerprint density at radius 3 is 1.20 bits per heavy atom. The summed E-state index contributed by atoms with van der Waals surface area (Å²) >= 11 is 0. The van der Waals surface area contributed by atoms with E-state index in [0.717, 1.165) is 23.1 Å². The fourth-order valence-corrected chi connectivity index (χ4v) is 5.82. The average molecular weight is 543 g/mol. The molecule has 0 saturated heterocycles. The highest BCUT2D eigenvalue weighted by Crippen LogP contribution is 2.40. The molecule has 0 spiro atoms. The fourth-order valence-electron chi connectivity index (χ4n) is 5.82. The first-order chi connectivity index (χ1) is 19.8. The lowest BCUT2D eigenvalue weighted by atomic mass is 9.80. The molecule has 0 aliphatic carbocycles. The summed E-state index contributed by atoms with van der Waals surface area (Å²) in [5.41, 5.74) is 2.73. The lowest BCUT2D eigenvalue weighted by molar-refractivity contribution is -0.0544. The van der Waals surface area contributed by atoms with Crippen molar-refractivity contribution in [2.24, 2.45) is 0 Å². The molecule has 0 radical (unpaired) electrons. The molecule has 1 atom stereocenters. The van der Waals surface area contributed by atoms with Crippen LogP contribution in [0.5, 0.6) is 0 Å². The molecule has 1 unspecified atom stereocenters. The largest absolute Gasteiger partial charge is 0.379 e. The molecular weight excluding hydrogens is 488 g/mol. The molecule has 0 aliphatic rings. The number of rotatable bonds is 22. The fraction of sp³-hybridized carbons (Fsp3) is 0.526. The summed E-state index contributed by atoms with van der Waals surface area (Å²) in [4.78, 5) is 0. The minimum atomic E-state index is -0.684. The second-order valence-corrected chi connectivity index (χ2v) is 11.3. The van der Waals surface area contributed by atoms with Gasteiger partial charge in [0.2, 0.25) is 0 Å². The van der Waals surface area contributed by atoms with Crippen LogP contribution in [0.3, 0.4) is 0 Å². The number of hydrogen-bond donors (Lipinski definition) is 0. The van der Waals surface area contributed by atoms with Crippen molar-refractivity contribution in [3.05, 3.63) is 108 Å². The summed E-state index contributed by atoms with van der Waals surface area (Å²) in [5, 5.41) is 0. The maximum Gasteiger partial charge on any atom is 0.143 e. The summed E-state index contributed by atoms with van der Waals surface area (Å²) in [6.45, 7) is 2.84. The third-order valence-electron chi connectivity index (χ3n) is 8.24. The van der Waals surface area contributed by atoms with E-state index < -0.39 is 5.60 Å². The van der Waals surface area contributed by atoms with Gasteiger partial charge in [-0.3, -0.25) is 0 Å². The third kappa shape index (κ3) is 10.5. The van der Waals surface area contributed by atoms with Gasteiger partial charge >= 0.3 is 0 Å². The van der Waals surface area contributed by atoms with Crippen molar-refractivity contribution in [3.63, 3.8) is 0 Å². The predicted molar refractivity (Wildman–Crippen MR) is 171 cm³/mol. The molecule has 2 heteroatoms. The summed E-state index contributed by atoms with van der Waals surface area (Å²) in [7, 11) is 1.83. The Kier molecular flexibility index (Phi) is 15.7. The smallest absolute Gasteiger partial charge is 0.143 e. The molecule has 3 aromatic rings. The highest BCUT2D eigenvalue weighted by molar-refractivity contribution is 5.47. The number of unbranched alkanes of at least 4 members (excludes halogenated alkanes) is 13. The van der Waals surface area contributed by atoms with Gasteiger partial charge in [0.05, 0.1) is 12.7 Å². The first-order valence-corrected chi connectivity index (χ1v) is 16.1. The Hall–Kier alpha value is -2.42. The maximum absolute atomic E-state index is 6.99. The van der Waals surface area contributed by atoms with Gasteiger partial charge in [0, 0.05) is 7.11 Å². The molecule has 0 bridgehead atoms. The van der Waals surface area contributed by atoms with Crippen LogP contribution in [-0.2, 0) is 15.1 Å². The highest BCUT2D eigenvalue weighted by Gasteiger charge is 2.38. The van der Waals surface area contributed by atoms with E-state index in [9.17, 15) is 0 Å². The SMILES string of the molecule is CCCCCCCCCCCCCCCCC(COC(c1ccccc1)(c1ccccc1)c1ccccc1)OC. The first kappa shape index (κ1) is 32.1. The number of ether oxygens (including phenoxy) is 2. The summed E-state index contributed by atoms with van der Waals surface area (Å²) in [5.74, 6) is 0. The van der Waals surface area contributed by atoms with Crippen LogP contribution in [-0.4, -0.2) is 19.8 Å². The summed E-state index contributed by atoms with van der Waals surface area (Å²) < 4.78 is 12.9. The van der Waals surface area contributed by atoms with E-state index in [2.05, 4.69) is 97.9 Å². The standard InChI is InChI=1S/C38H54O2/c1-3-4-5-6-7-8-9-10-11-12-13-14-15-25-32-37(39-2)33-40-38(34-26-19-16-20-27-34,35-28-21-17-22-29-35)36-30-23-18-24-31-36/h16-24,26-31,37H,3-15,25,32-33H2,1-2H3. The van der Waals surface area contributed by atoms with Gasteiger partial charge in [0.15, 0.2) is 0 Å². The van der Waals surface area contributed by atoms with Gasteiger partial charge in [0.1, 0.15) is 5.60 Å². The van der Waals surface area contributed by atoms with Gasteiger partial charge in [-0.1, -0.05) is 188 Å². The molecule has 0 saturated carbocycles. The van der Waals surface area contributed by atoms with Crippen LogP contribution in [0.25, 0.3) is 0 Å². The Morgan fingerprint density at radius 2 is 0.850 bits per heavy atom. The van der Waals surface area contributed by atoms with Crippen molar-refractivity contribution in [1.82, 2.24) is 0 Å². The third-order valence-corrected chi connectivity index (χ3v) is 8.24. The van der Waals surface area contributed by atoms with E-state index in [0.29, 0.717) is 6.61 Å². The molecule has 0 amide bonds. The van der Waals surface area contributed by atoms with Crippen molar-refractivity contribution in [2.75, 3.05) is 13.7 Å². The Balaban J connectivity index is 1.46. The monoisotopic (exact) mass is 542 g/mol. The lowest BCUT2D eigenvalue weighted by Crippen LogP contribution is -2.36. The zero-order valence-electron chi connectivity index (χ0n) is 25.4. The van der Waals surface area contributed by atoms with Gasteiger partial charge in [-0.25, -0.2) is 0 Å². The molecule has 218 valence electrons. The van der Waals surface area contributed by atoms with Crippen molar-refractivity contribution in [1.29, 1.82) is 0 Å². The second kappa shape index (κ2) is 19.6. The van der Waals surface area contributed by atoms with Crippen LogP contribution in [0.15, 0.2) is 91.0 Å². The summed E-state index contributed by atoms with van der Waals surface area (Å²) in [6, 6.07) is 31.9. The minimum Gasteiger partial charge on any atom is -0.379 e. The van der Waals surface area contributed by atoms with Crippen molar-refractivity contribution in [2.45, 2.75) is 115 Å². The summed E-state index contributed by atoms with van der Waals surface area (Å²) in [6.07, 6.45) is 20.4. The molecular formula is C38H54O2. The molecule has 0 fully saturated rings. The van der Waals surface area contributed by atoms with Crippen LogP contribution in [0.4, 0.5) is 0 Å². The zero-order valence-corrected chi connectivity index (χ0v) is 25.4. The zero-order chi connectivity index (χ0) is 28.1. The van der Waals surface area contributed by atoms with Gasteiger partial charge in [-0.2, -0.15) is 0 Å². The van der Waals surface area contributed by atoms with Crippen LogP contribution < -0.4 is 0 Å². The van der Waals surface area contributed by atoms with Gasteiger partial charge in [0.25, 0.3) is 0 Å². The van der Waals surface area contributed by atoms with Crippen LogP contribution in [0, 0.1) is 0 Å². The molecule has 2 nitrogen and oxygen atoms in total. The Labute approximate surface area is 245 Å². The van der Waals surface area contributed by atoms with Crippen LogP contribution >= 0.6 is 0 Å². The molecule has 40 heavy (non-hydrogen) atoms. The lowest BCUT2D eigenvalue weighted by Gasteiger charge is -2.37. The predicted octanol–water partition coefficient (Wildman–Crippen LogP) is 10.9. The molecule has 0 N–H and O–H groups in total. The van der Waals surface area contributed by atoms with E-state index in [1.807, 2.05) is 7.11 Å². The minimum absolute atomic E-state index is 0.0767. The van der Waals surface area contributed by atoms with Crippen molar-refractivity contribution < 1.29 is 9.47 Å². The van der Waals surface area contributed by atoms with E-state index in [1.165, 1.54) is 89.9 Å². The van der Waals surface area contributed by atoms with E-state index in [-0.39, 0.29) is 6.10 Å². The van der Waals surface area contributed by atoms with E-state index in [1.54, 1.807) is 0 Å². The molecule has 0 aliphatic heterocycles. The van der Waals surface area contributed by atoms with Gasteiger partial charge in [-0.05, 0) is 23.1 Å². The maximum atomic E-state index is 6.99. The molecule has 3 rings (SSSR count). The number of hydrogen-bond acceptors (Lipinski definition) is 2. The number of methoxy groups -OCH3 is 1. The highest BCUT2D eigenvalue weighted by atomic mass is 16.5. The average Bonchev–Trinajstić information content (AvgIpc) is 3.02. The van der Waals surface area contributed by atoms with E-state index in [4.69, 9.17) is 9.47 Å². The second-order valence-electron chi connectivity index (χ2n) is 11.3. The van der Waals surface area contributed by atoms with E-state index >= 15 is 0 Å². The first-order valence-electron chi connectivity index (χ1n) is 16.1. The van der Waals surface area contributed by atoms with Crippen LogP contribution in [0.1, 0.15) is 120 Å². The molecule has 0 heterocycles. The number of benzene rings is 3. The topological polar surface area (TPSA) is 18.5 Å². The molecule has 3 aromatic carbocycles. The van der Waals surface area contributed by atoms with Gasteiger partial charge in [-0.15, -0.1) is 0 Å². The normalized spacial score (nSPS) is 12.4.